The summed E-state index contributed by atoms with van der Waals surface area (Å²) in [5, 5.41) is 8.15. The van der Waals surface area contributed by atoms with Gasteiger partial charge < -0.3 is 28.9 Å². The van der Waals surface area contributed by atoms with Crippen molar-refractivity contribution >= 4 is 23.7 Å². The standard InChI is InChI=1S/C35H48FN7O6/c1-21(2)26(10-9-14-40(7)8)42-18-35(19-42)13-15-41(17-35)32-33(39-38-20-37-32)49-29-24(34(46)43(22(3)4)23(5)6)16-25(36)30-31(29)48-28(45)12-11-27(44)47-30/h11-12,16,20-23,26H,9-10,13-15,17-19H2,1-8H3/b12-11+. The van der Waals surface area contributed by atoms with Gasteiger partial charge in [-0.3, -0.25) is 9.69 Å². The fourth-order valence-corrected chi connectivity index (χ4v) is 7.27. The van der Waals surface area contributed by atoms with Crippen LogP contribution in [0.25, 0.3) is 0 Å². The van der Waals surface area contributed by atoms with Crippen LogP contribution < -0.4 is 19.1 Å². The molecule has 2 saturated heterocycles. The Hall–Kier alpha value is -4.17. The Labute approximate surface area is 287 Å². The van der Waals surface area contributed by atoms with Crippen molar-refractivity contribution in [3.05, 3.63) is 35.9 Å². The summed E-state index contributed by atoms with van der Waals surface area (Å²) in [6, 6.07) is 0.889. The van der Waals surface area contributed by atoms with Gasteiger partial charge in [-0.15, -0.1) is 10.2 Å². The molecule has 14 heteroatoms. The first kappa shape index (κ1) is 36.1. The summed E-state index contributed by atoms with van der Waals surface area (Å²) >= 11 is 0. The number of hydrogen-bond acceptors (Lipinski definition) is 12. The van der Waals surface area contributed by atoms with E-state index in [1.54, 1.807) is 0 Å². The molecule has 13 nitrogen and oxygen atoms in total. The first-order valence-corrected chi connectivity index (χ1v) is 17.0. The number of esters is 2. The predicted molar refractivity (Wildman–Crippen MR) is 180 cm³/mol. The first-order chi connectivity index (χ1) is 23.2. The average Bonchev–Trinajstić information content (AvgIpc) is 3.45. The molecule has 1 unspecified atom stereocenters. The van der Waals surface area contributed by atoms with Crippen LogP contribution in [-0.4, -0.2) is 113 Å². The monoisotopic (exact) mass is 681 g/mol. The zero-order valence-electron chi connectivity index (χ0n) is 29.7. The van der Waals surface area contributed by atoms with Crippen LogP contribution in [-0.2, 0) is 9.59 Å². The quantitative estimate of drug-likeness (QED) is 0.234. The Balaban J connectivity index is 1.46. The molecular formula is C35H48FN7O6. The molecule has 1 atom stereocenters. The molecule has 3 aliphatic heterocycles. The van der Waals surface area contributed by atoms with Crippen LogP contribution in [0.2, 0.25) is 0 Å². The van der Waals surface area contributed by atoms with Crippen LogP contribution in [0.1, 0.15) is 71.2 Å². The maximum Gasteiger partial charge on any atom is 0.336 e. The Morgan fingerprint density at radius 1 is 1.02 bits per heavy atom. The molecule has 1 aromatic carbocycles. The lowest BCUT2D eigenvalue weighted by Gasteiger charge is -2.53. The molecule has 0 radical (unpaired) electrons. The van der Waals surface area contributed by atoms with Gasteiger partial charge >= 0.3 is 11.9 Å². The van der Waals surface area contributed by atoms with E-state index in [-0.39, 0.29) is 34.7 Å². The van der Waals surface area contributed by atoms with Gasteiger partial charge in [-0.1, -0.05) is 13.8 Å². The highest BCUT2D eigenvalue weighted by molar-refractivity contribution is 6.01. The van der Waals surface area contributed by atoms with E-state index in [0.29, 0.717) is 30.9 Å². The number of rotatable bonds is 12. The fourth-order valence-electron chi connectivity index (χ4n) is 7.27. The van der Waals surface area contributed by atoms with Gasteiger partial charge in [-0.05, 0) is 79.6 Å². The number of ether oxygens (including phenoxy) is 3. The van der Waals surface area contributed by atoms with Crippen LogP contribution in [0.5, 0.6) is 23.1 Å². The largest absolute Gasteiger partial charge is 0.430 e. The van der Waals surface area contributed by atoms with Crippen LogP contribution in [0.3, 0.4) is 0 Å². The van der Waals surface area contributed by atoms with Crippen molar-refractivity contribution in [1.29, 1.82) is 0 Å². The van der Waals surface area contributed by atoms with Crippen molar-refractivity contribution in [2.24, 2.45) is 11.3 Å². The van der Waals surface area contributed by atoms with Gasteiger partial charge in [0, 0.05) is 61.9 Å². The summed E-state index contributed by atoms with van der Waals surface area (Å²) in [5.74, 6) is -4.37. The lowest BCUT2D eigenvalue weighted by Crippen LogP contribution is -2.62. The van der Waals surface area contributed by atoms with Crippen LogP contribution in [0.4, 0.5) is 10.2 Å². The van der Waals surface area contributed by atoms with Gasteiger partial charge in [0.2, 0.25) is 11.5 Å². The van der Waals surface area contributed by atoms with Crippen molar-refractivity contribution in [2.75, 3.05) is 51.7 Å². The second-order valence-electron chi connectivity index (χ2n) is 14.5. The number of amides is 1. The maximum absolute atomic E-state index is 15.6. The van der Waals surface area contributed by atoms with Crippen LogP contribution in [0.15, 0.2) is 24.5 Å². The number of anilines is 1. The van der Waals surface area contributed by atoms with Crippen molar-refractivity contribution in [3.63, 3.8) is 0 Å². The van der Waals surface area contributed by atoms with E-state index in [1.165, 1.54) is 11.2 Å². The zero-order valence-corrected chi connectivity index (χ0v) is 29.7. The molecular weight excluding hydrogens is 633 g/mol. The van der Waals surface area contributed by atoms with E-state index in [4.69, 9.17) is 14.2 Å². The van der Waals surface area contributed by atoms with Crippen molar-refractivity contribution in [1.82, 2.24) is 29.9 Å². The summed E-state index contributed by atoms with van der Waals surface area (Å²) in [6.45, 7) is 16.3. The lowest BCUT2D eigenvalue weighted by molar-refractivity contribution is -0.133. The zero-order chi connectivity index (χ0) is 35.6. The third-order valence-corrected chi connectivity index (χ3v) is 9.41. The van der Waals surface area contributed by atoms with E-state index in [0.717, 1.165) is 57.1 Å². The molecule has 2 fully saturated rings. The molecule has 266 valence electrons. The second-order valence-corrected chi connectivity index (χ2v) is 14.5. The van der Waals surface area contributed by atoms with Crippen LogP contribution in [0, 0.1) is 17.2 Å². The van der Waals surface area contributed by atoms with Crippen LogP contribution >= 0.6 is 0 Å². The van der Waals surface area contributed by atoms with Gasteiger partial charge in [0.15, 0.2) is 17.4 Å². The summed E-state index contributed by atoms with van der Waals surface area (Å²) in [4.78, 5) is 51.9. The number of fused-ring (bicyclic) bond motifs is 1. The molecule has 5 rings (SSSR count). The molecule has 0 aliphatic carbocycles. The fraction of sp³-hybridized carbons (Fsp3) is 0.600. The Kier molecular flexibility index (Phi) is 10.9. The van der Waals surface area contributed by atoms with E-state index in [1.807, 2.05) is 27.7 Å². The third-order valence-electron chi connectivity index (χ3n) is 9.41. The maximum atomic E-state index is 15.6. The predicted octanol–water partition coefficient (Wildman–Crippen LogP) is 4.32. The molecule has 1 amide bonds. The normalized spacial score (nSPS) is 18.7. The third kappa shape index (κ3) is 7.85. The summed E-state index contributed by atoms with van der Waals surface area (Å²) < 4.78 is 32.6. The smallest absolute Gasteiger partial charge is 0.336 e. The summed E-state index contributed by atoms with van der Waals surface area (Å²) in [5.41, 5.74) is -0.167. The average molecular weight is 682 g/mol. The molecule has 1 spiro atoms. The number of halogens is 1. The highest BCUT2D eigenvalue weighted by atomic mass is 19.1. The van der Waals surface area contributed by atoms with E-state index in [2.05, 4.69) is 57.8 Å². The second kappa shape index (κ2) is 14.8. The van der Waals surface area contributed by atoms with Crippen molar-refractivity contribution < 1.29 is 33.0 Å². The minimum Gasteiger partial charge on any atom is -0.430 e. The molecule has 0 N–H and O–H groups in total. The number of hydrogen-bond donors (Lipinski definition) is 0. The van der Waals surface area contributed by atoms with Gasteiger partial charge in [-0.25, -0.2) is 19.0 Å². The lowest BCUT2D eigenvalue weighted by atomic mass is 9.76. The molecule has 3 aliphatic rings. The van der Waals surface area contributed by atoms with Gasteiger partial charge in [-0.2, -0.15) is 0 Å². The number of carbonyl (C=O) groups is 3. The number of aromatic nitrogens is 3. The van der Waals surface area contributed by atoms with Crippen molar-refractivity contribution in [2.45, 2.75) is 78.9 Å². The Morgan fingerprint density at radius 2 is 1.67 bits per heavy atom. The Bertz CT molecular complexity index is 1580. The molecule has 1 aromatic heterocycles. The molecule has 4 heterocycles. The Morgan fingerprint density at radius 3 is 2.29 bits per heavy atom. The minimum absolute atomic E-state index is 0.0667. The minimum atomic E-state index is -1.08. The summed E-state index contributed by atoms with van der Waals surface area (Å²) in [6.07, 6.45) is 6.23. The summed E-state index contributed by atoms with van der Waals surface area (Å²) in [7, 11) is 4.21. The van der Waals surface area contributed by atoms with E-state index >= 15 is 4.39 Å². The highest BCUT2D eigenvalue weighted by Gasteiger charge is 2.50. The topological polar surface area (TPSA) is 131 Å². The molecule has 49 heavy (non-hydrogen) atoms. The SMILES string of the molecule is CC(C)C(CCCN(C)C)N1CC2(CCN(c3ncnnc3Oc3c(C(=O)N(C(C)C)C(C)C)cc(F)c4c3OC(=O)/C=C/C(=O)O4)C2)C1. The van der Waals surface area contributed by atoms with Gasteiger partial charge in [0.25, 0.3) is 11.8 Å². The highest BCUT2D eigenvalue weighted by Crippen LogP contribution is 2.48. The number of carbonyl (C=O) groups excluding carboxylic acids is 3. The number of nitrogens with zero attached hydrogens (tertiary/aromatic N) is 7. The first-order valence-electron chi connectivity index (χ1n) is 17.0. The number of likely N-dealkylation sites (tertiary alicyclic amines) is 1. The molecule has 2 aromatic rings. The van der Waals surface area contributed by atoms with E-state index < -0.39 is 35.2 Å². The van der Waals surface area contributed by atoms with Crippen molar-refractivity contribution in [3.8, 4) is 23.1 Å². The number of benzene rings is 1. The molecule has 0 saturated carbocycles. The van der Waals surface area contributed by atoms with Gasteiger partial charge in [0.05, 0.1) is 5.56 Å². The molecule has 0 bridgehead atoms. The van der Waals surface area contributed by atoms with Gasteiger partial charge in [0.1, 0.15) is 6.33 Å². The van der Waals surface area contributed by atoms with E-state index in [9.17, 15) is 14.4 Å².